The molecule has 0 radical (unpaired) electrons. The predicted octanol–water partition coefficient (Wildman–Crippen LogP) is 3.03. The van der Waals surface area contributed by atoms with Gasteiger partial charge in [-0.15, -0.1) is 0 Å². The summed E-state index contributed by atoms with van der Waals surface area (Å²) in [5, 5.41) is 0.680. The third-order valence-electron chi connectivity index (χ3n) is 5.36. The maximum atomic E-state index is 13.1. The molecule has 0 saturated carbocycles. The number of carbonyl (C=O) groups is 2. The maximum Gasteiger partial charge on any atom is 0.321 e. The maximum absolute atomic E-state index is 13.1. The van der Waals surface area contributed by atoms with E-state index in [0.29, 0.717) is 31.1 Å². The first-order valence-electron chi connectivity index (χ1n) is 9.13. The van der Waals surface area contributed by atoms with Gasteiger partial charge in [0.2, 0.25) is 5.91 Å². The molecule has 2 fully saturated rings. The summed E-state index contributed by atoms with van der Waals surface area (Å²) in [5.41, 5.74) is 2.10. The molecule has 4 rings (SSSR count). The summed E-state index contributed by atoms with van der Waals surface area (Å²) < 4.78 is 0. The van der Waals surface area contributed by atoms with E-state index in [2.05, 4.69) is 0 Å². The highest BCUT2D eigenvalue weighted by molar-refractivity contribution is 6.30. The molecule has 2 aliphatic heterocycles. The van der Waals surface area contributed by atoms with Crippen LogP contribution in [0.4, 0.5) is 4.79 Å². The first-order valence-corrected chi connectivity index (χ1v) is 9.51. The molecule has 2 saturated heterocycles. The number of piperazine rings is 1. The summed E-state index contributed by atoms with van der Waals surface area (Å²) in [7, 11) is 1.82. The van der Waals surface area contributed by atoms with Crippen LogP contribution in [-0.2, 0) is 17.8 Å². The number of carbonyl (C=O) groups excluding carboxylic acids is 2. The van der Waals surface area contributed by atoms with Gasteiger partial charge in [0, 0.05) is 38.1 Å². The minimum absolute atomic E-state index is 0.0109. The Bertz CT molecular complexity index is 840. The molecule has 0 aliphatic carbocycles. The Kier molecular flexibility index (Phi) is 4.79. The molecular weight excluding hydrogens is 362 g/mol. The van der Waals surface area contributed by atoms with Gasteiger partial charge in [0.25, 0.3) is 0 Å². The van der Waals surface area contributed by atoms with Crippen LogP contribution in [0.1, 0.15) is 11.1 Å². The van der Waals surface area contributed by atoms with Gasteiger partial charge < -0.3 is 14.7 Å². The summed E-state index contributed by atoms with van der Waals surface area (Å²) in [6.45, 7) is 1.73. The highest BCUT2D eigenvalue weighted by Gasteiger charge is 2.48. The zero-order valence-corrected chi connectivity index (χ0v) is 16.0. The van der Waals surface area contributed by atoms with Crippen LogP contribution in [-0.4, -0.2) is 58.9 Å². The van der Waals surface area contributed by atoms with E-state index in [1.54, 1.807) is 9.80 Å². The van der Waals surface area contributed by atoms with Gasteiger partial charge in [-0.2, -0.15) is 0 Å². The molecule has 5 nitrogen and oxygen atoms in total. The minimum Gasteiger partial charge on any atom is -0.342 e. The van der Waals surface area contributed by atoms with Crippen LogP contribution in [0.2, 0.25) is 5.02 Å². The van der Waals surface area contributed by atoms with Crippen LogP contribution in [0.3, 0.4) is 0 Å². The standard InChI is InChI=1S/C21H22ClN3O2/c1-23-13-18-14-24(12-16-7-9-17(22)10-8-16)21(27)25(18)19(20(23)26)11-15-5-3-2-4-6-15/h2-10,18-19H,11-14H2,1H3/t18-,19+/m1/s1. The Morgan fingerprint density at radius 1 is 0.963 bits per heavy atom. The van der Waals surface area contributed by atoms with Crippen molar-refractivity contribution in [3.05, 3.63) is 70.7 Å². The third kappa shape index (κ3) is 3.52. The molecule has 0 unspecified atom stereocenters. The van der Waals surface area contributed by atoms with Crippen molar-refractivity contribution in [2.24, 2.45) is 0 Å². The Hall–Kier alpha value is -2.53. The summed E-state index contributed by atoms with van der Waals surface area (Å²) in [6, 6.07) is 16.9. The van der Waals surface area contributed by atoms with Crippen molar-refractivity contribution in [1.82, 2.24) is 14.7 Å². The van der Waals surface area contributed by atoms with Crippen molar-refractivity contribution < 1.29 is 9.59 Å². The van der Waals surface area contributed by atoms with E-state index in [-0.39, 0.29) is 18.0 Å². The van der Waals surface area contributed by atoms with E-state index in [1.165, 1.54) is 0 Å². The summed E-state index contributed by atoms with van der Waals surface area (Å²) in [5.74, 6) is 0.0109. The fourth-order valence-corrected chi connectivity index (χ4v) is 4.14. The summed E-state index contributed by atoms with van der Waals surface area (Å²) in [6.07, 6.45) is 0.543. The van der Waals surface area contributed by atoms with E-state index in [1.807, 2.05) is 66.5 Å². The molecule has 27 heavy (non-hydrogen) atoms. The zero-order valence-electron chi connectivity index (χ0n) is 15.2. The first kappa shape index (κ1) is 17.9. The van der Waals surface area contributed by atoms with Gasteiger partial charge in [0.05, 0.1) is 6.04 Å². The fraction of sp³-hybridized carbons (Fsp3) is 0.333. The molecule has 0 aromatic heterocycles. The smallest absolute Gasteiger partial charge is 0.321 e. The number of rotatable bonds is 4. The van der Waals surface area contributed by atoms with Crippen LogP contribution in [0, 0.1) is 0 Å². The van der Waals surface area contributed by atoms with Crippen molar-refractivity contribution >= 4 is 23.5 Å². The molecule has 2 atom stereocenters. The number of hydrogen-bond donors (Lipinski definition) is 0. The second kappa shape index (κ2) is 7.24. The average Bonchev–Trinajstić information content (AvgIpc) is 2.97. The summed E-state index contributed by atoms with van der Waals surface area (Å²) in [4.78, 5) is 31.3. The Labute approximate surface area is 164 Å². The highest BCUT2D eigenvalue weighted by Crippen LogP contribution is 2.28. The monoisotopic (exact) mass is 383 g/mol. The molecule has 3 amide bonds. The SMILES string of the molecule is CN1C[C@@H]2CN(Cc3ccc(Cl)cc3)C(=O)N2[C@@H](Cc2ccccc2)C1=O. The van der Waals surface area contributed by atoms with Crippen molar-refractivity contribution in [2.75, 3.05) is 20.1 Å². The third-order valence-corrected chi connectivity index (χ3v) is 5.61. The number of halogens is 1. The second-order valence-corrected chi connectivity index (χ2v) is 7.71. The van der Waals surface area contributed by atoms with Gasteiger partial charge in [-0.3, -0.25) is 4.79 Å². The quantitative estimate of drug-likeness (QED) is 0.814. The molecule has 0 spiro atoms. The van der Waals surface area contributed by atoms with E-state index in [9.17, 15) is 9.59 Å². The average molecular weight is 384 g/mol. The van der Waals surface area contributed by atoms with Gasteiger partial charge in [-0.1, -0.05) is 54.1 Å². The van der Waals surface area contributed by atoms with Gasteiger partial charge >= 0.3 is 6.03 Å². The van der Waals surface area contributed by atoms with Gasteiger partial charge in [0.15, 0.2) is 0 Å². The molecule has 2 aromatic carbocycles. The van der Waals surface area contributed by atoms with Gasteiger partial charge in [-0.05, 0) is 23.3 Å². The van der Waals surface area contributed by atoms with Crippen molar-refractivity contribution in [2.45, 2.75) is 25.0 Å². The zero-order chi connectivity index (χ0) is 19.0. The lowest BCUT2D eigenvalue weighted by atomic mass is 9.99. The van der Waals surface area contributed by atoms with Crippen LogP contribution < -0.4 is 0 Å². The van der Waals surface area contributed by atoms with Crippen LogP contribution in [0.15, 0.2) is 54.6 Å². The molecular formula is C21H22ClN3O2. The van der Waals surface area contributed by atoms with E-state index in [4.69, 9.17) is 11.6 Å². The largest absolute Gasteiger partial charge is 0.342 e. The minimum atomic E-state index is -0.445. The molecule has 2 aromatic rings. The number of urea groups is 1. The molecule has 0 bridgehead atoms. The fourth-order valence-electron chi connectivity index (χ4n) is 4.02. The molecule has 140 valence electrons. The Morgan fingerprint density at radius 2 is 1.67 bits per heavy atom. The summed E-state index contributed by atoms with van der Waals surface area (Å²) >= 11 is 5.95. The van der Waals surface area contributed by atoms with Crippen molar-refractivity contribution in [3.63, 3.8) is 0 Å². The molecule has 0 N–H and O–H groups in total. The Balaban J connectivity index is 1.56. The lowest BCUT2D eigenvalue weighted by Crippen LogP contribution is -2.60. The van der Waals surface area contributed by atoms with E-state index < -0.39 is 6.04 Å². The normalized spacial score (nSPS) is 22.4. The van der Waals surface area contributed by atoms with Gasteiger partial charge in [-0.25, -0.2) is 4.79 Å². The number of nitrogens with zero attached hydrogens (tertiary/aromatic N) is 3. The lowest BCUT2D eigenvalue weighted by Gasteiger charge is -2.40. The molecule has 6 heteroatoms. The van der Waals surface area contributed by atoms with E-state index >= 15 is 0 Å². The molecule has 2 aliphatic rings. The number of benzene rings is 2. The van der Waals surface area contributed by atoms with Crippen molar-refractivity contribution in [3.8, 4) is 0 Å². The number of likely N-dealkylation sites (N-methyl/N-ethyl adjacent to an activating group) is 1. The number of fused-ring (bicyclic) bond motifs is 1. The van der Waals surface area contributed by atoms with Crippen LogP contribution in [0.5, 0.6) is 0 Å². The van der Waals surface area contributed by atoms with Crippen molar-refractivity contribution in [1.29, 1.82) is 0 Å². The first-order chi connectivity index (χ1) is 13.0. The van der Waals surface area contributed by atoms with Crippen LogP contribution in [0.25, 0.3) is 0 Å². The highest BCUT2D eigenvalue weighted by atomic mass is 35.5. The second-order valence-electron chi connectivity index (χ2n) is 7.27. The van der Waals surface area contributed by atoms with Crippen LogP contribution >= 0.6 is 11.6 Å². The van der Waals surface area contributed by atoms with Gasteiger partial charge in [0.1, 0.15) is 6.04 Å². The number of hydrogen-bond acceptors (Lipinski definition) is 2. The molecule has 2 heterocycles. The number of amides is 3. The van der Waals surface area contributed by atoms with E-state index in [0.717, 1.165) is 11.1 Å². The lowest BCUT2D eigenvalue weighted by molar-refractivity contribution is -0.139. The predicted molar refractivity (Wildman–Crippen MR) is 104 cm³/mol. The Morgan fingerprint density at radius 3 is 2.37 bits per heavy atom. The topological polar surface area (TPSA) is 43.9 Å².